The molecule has 0 aliphatic carbocycles. The van der Waals surface area contributed by atoms with Gasteiger partial charge in [-0.15, -0.1) is 0 Å². The van der Waals surface area contributed by atoms with Crippen LogP contribution in [-0.2, 0) is 25.0 Å². The van der Waals surface area contributed by atoms with E-state index in [9.17, 15) is 4.57 Å². The molecular weight excluding hydrogens is 215 g/mol. The SMILES string of the molecule is CCOCO[PH](=O)OCc1ccccc1. The van der Waals surface area contributed by atoms with Gasteiger partial charge in [0.25, 0.3) is 0 Å². The zero-order chi connectivity index (χ0) is 10.9. The van der Waals surface area contributed by atoms with E-state index in [1.807, 2.05) is 37.3 Å². The van der Waals surface area contributed by atoms with Crippen molar-refractivity contribution in [2.75, 3.05) is 13.4 Å². The summed E-state index contributed by atoms with van der Waals surface area (Å²) < 4.78 is 25.9. The predicted molar refractivity (Wildman–Crippen MR) is 57.8 cm³/mol. The average molecular weight is 230 g/mol. The summed E-state index contributed by atoms with van der Waals surface area (Å²) in [6.45, 7) is 2.69. The van der Waals surface area contributed by atoms with Gasteiger partial charge in [-0.05, 0) is 12.5 Å². The Morgan fingerprint density at radius 2 is 1.93 bits per heavy atom. The Morgan fingerprint density at radius 1 is 1.20 bits per heavy atom. The van der Waals surface area contributed by atoms with E-state index in [0.717, 1.165) is 5.56 Å². The Hall–Kier alpha value is -0.670. The van der Waals surface area contributed by atoms with E-state index in [1.165, 1.54) is 0 Å². The lowest BCUT2D eigenvalue weighted by Crippen LogP contribution is -1.95. The van der Waals surface area contributed by atoms with Crippen molar-refractivity contribution in [2.24, 2.45) is 0 Å². The second-order valence-electron chi connectivity index (χ2n) is 2.78. The third-order valence-corrected chi connectivity index (χ3v) is 2.40. The van der Waals surface area contributed by atoms with E-state index >= 15 is 0 Å². The van der Waals surface area contributed by atoms with Crippen LogP contribution in [0.25, 0.3) is 0 Å². The molecule has 1 atom stereocenters. The van der Waals surface area contributed by atoms with Crippen LogP contribution >= 0.6 is 8.25 Å². The first-order valence-electron chi connectivity index (χ1n) is 4.74. The molecule has 0 aromatic heterocycles. The van der Waals surface area contributed by atoms with Gasteiger partial charge in [0, 0.05) is 6.61 Å². The van der Waals surface area contributed by atoms with E-state index < -0.39 is 8.25 Å². The monoisotopic (exact) mass is 230 g/mol. The smallest absolute Gasteiger partial charge is 0.321 e. The molecule has 0 fully saturated rings. The molecule has 1 aromatic carbocycles. The summed E-state index contributed by atoms with van der Waals surface area (Å²) in [6.07, 6.45) is 0. The zero-order valence-electron chi connectivity index (χ0n) is 8.64. The topological polar surface area (TPSA) is 44.8 Å². The summed E-state index contributed by atoms with van der Waals surface area (Å²) in [7, 11) is -2.43. The first-order chi connectivity index (χ1) is 7.33. The fraction of sp³-hybridized carbons (Fsp3) is 0.400. The first kappa shape index (κ1) is 12.4. The highest BCUT2D eigenvalue weighted by Crippen LogP contribution is 2.25. The molecule has 0 aliphatic rings. The minimum Gasteiger partial charge on any atom is -0.355 e. The van der Waals surface area contributed by atoms with E-state index in [4.69, 9.17) is 13.8 Å². The van der Waals surface area contributed by atoms with Gasteiger partial charge < -0.3 is 9.26 Å². The number of hydrogen-bond donors (Lipinski definition) is 0. The molecule has 0 radical (unpaired) electrons. The first-order valence-corrected chi connectivity index (χ1v) is 5.96. The van der Waals surface area contributed by atoms with Crippen molar-refractivity contribution in [2.45, 2.75) is 13.5 Å². The van der Waals surface area contributed by atoms with Crippen molar-refractivity contribution >= 4 is 8.25 Å². The lowest BCUT2D eigenvalue weighted by atomic mass is 10.2. The van der Waals surface area contributed by atoms with Gasteiger partial charge in [-0.25, -0.2) is 0 Å². The highest BCUT2D eigenvalue weighted by Gasteiger charge is 1.99. The summed E-state index contributed by atoms with van der Waals surface area (Å²) in [5.74, 6) is 0. The van der Waals surface area contributed by atoms with Crippen molar-refractivity contribution in [1.82, 2.24) is 0 Å². The van der Waals surface area contributed by atoms with Crippen LogP contribution in [0.4, 0.5) is 0 Å². The fourth-order valence-corrected chi connectivity index (χ4v) is 1.48. The minimum atomic E-state index is -2.43. The summed E-state index contributed by atoms with van der Waals surface area (Å²) in [5, 5.41) is 0. The highest BCUT2D eigenvalue weighted by molar-refractivity contribution is 7.33. The fourth-order valence-electron chi connectivity index (χ4n) is 0.931. The van der Waals surface area contributed by atoms with Crippen LogP contribution < -0.4 is 0 Å². The van der Waals surface area contributed by atoms with Gasteiger partial charge in [0.1, 0.15) is 0 Å². The normalized spacial score (nSPS) is 12.6. The minimum absolute atomic E-state index is 0.0170. The highest BCUT2D eigenvalue weighted by atomic mass is 31.1. The molecule has 0 heterocycles. The number of ether oxygens (including phenoxy) is 1. The van der Waals surface area contributed by atoms with Gasteiger partial charge >= 0.3 is 8.25 Å². The van der Waals surface area contributed by atoms with Crippen LogP contribution in [0.15, 0.2) is 30.3 Å². The lowest BCUT2D eigenvalue weighted by Gasteiger charge is -2.05. The molecule has 0 saturated carbocycles. The van der Waals surface area contributed by atoms with Gasteiger partial charge in [-0.1, -0.05) is 30.3 Å². The van der Waals surface area contributed by atoms with Crippen molar-refractivity contribution in [3.8, 4) is 0 Å². The van der Waals surface area contributed by atoms with Gasteiger partial charge in [0.05, 0.1) is 6.61 Å². The molecule has 5 heteroatoms. The van der Waals surface area contributed by atoms with Crippen molar-refractivity contribution in [3.63, 3.8) is 0 Å². The number of hydrogen-bond acceptors (Lipinski definition) is 4. The molecule has 4 nitrogen and oxygen atoms in total. The summed E-state index contributed by atoms with van der Waals surface area (Å²) in [4.78, 5) is 0. The molecule has 0 amide bonds. The van der Waals surface area contributed by atoms with Crippen LogP contribution in [0.2, 0.25) is 0 Å². The third kappa shape index (κ3) is 5.70. The van der Waals surface area contributed by atoms with Crippen LogP contribution in [0.1, 0.15) is 12.5 Å². The number of benzene rings is 1. The second-order valence-corrected chi connectivity index (χ2v) is 3.86. The van der Waals surface area contributed by atoms with Gasteiger partial charge in [-0.3, -0.25) is 9.09 Å². The van der Waals surface area contributed by atoms with E-state index in [2.05, 4.69) is 0 Å². The third-order valence-electron chi connectivity index (χ3n) is 1.66. The Labute approximate surface area is 90.1 Å². The Kier molecular flexibility index (Phi) is 6.28. The molecule has 15 heavy (non-hydrogen) atoms. The molecule has 84 valence electrons. The molecule has 1 unspecified atom stereocenters. The van der Waals surface area contributed by atoms with Crippen molar-refractivity contribution < 1.29 is 18.3 Å². The standard InChI is InChI=1S/C10H15O4P/c1-2-12-9-14-15(11)13-8-10-6-4-3-5-7-10/h3-7,15H,2,8-9H2,1H3. The Bertz CT molecular complexity index is 289. The molecule has 1 aromatic rings. The van der Waals surface area contributed by atoms with Crippen LogP contribution in [0.5, 0.6) is 0 Å². The largest absolute Gasteiger partial charge is 0.355 e. The molecule has 1 rings (SSSR count). The maximum atomic E-state index is 11.2. The lowest BCUT2D eigenvalue weighted by molar-refractivity contribution is 0.0162. The van der Waals surface area contributed by atoms with E-state index in [-0.39, 0.29) is 6.79 Å². The van der Waals surface area contributed by atoms with Gasteiger partial charge in [-0.2, -0.15) is 0 Å². The van der Waals surface area contributed by atoms with E-state index in [1.54, 1.807) is 0 Å². The molecule has 0 saturated heterocycles. The maximum absolute atomic E-state index is 11.2. The molecule has 0 spiro atoms. The van der Waals surface area contributed by atoms with Crippen LogP contribution in [0, 0.1) is 0 Å². The van der Waals surface area contributed by atoms with Crippen molar-refractivity contribution in [1.29, 1.82) is 0 Å². The molecule has 0 aliphatic heterocycles. The predicted octanol–water partition coefficient (Wildman–Crippen LogP) is 2.60. The number of rotatable bonds is 7. The van der Waals surface area contributed by atoms with Gasteiger partial charge in [0.15, 0.2) is 6.79 Å². The van der Waals surface area contributed by atoms with Crippen molar-refractivity contribution in [3.05, 3.63) is 35.9 Å². The average Bonchev–Trinajstić information content (AvgIpc) is 2.28. The zero-order valence-corrected chi connectivity index (χ0v) is 9.64. The summed E-state index contributed by atoms with van der Waals surface area (Å²) >= 11 is 0. The molecular formula is C10H15O4P. The van der Waals surface area contributed by atoms with E-state index in [0.29, 0.717) is 13.2 Å². The summed E-state index contributed by atoms with van der Waals surface area (Å²) in [6, 6.07) is 9.52. The Balaban J connectivity index is 2.17. The van der Waals surface area contributed by atoms with Gasteiger partial charge in [0.2, 0.25) is 0 Å². The van der Waals surface area contributed by atoms with Crippen LogP contribution in [0.3, 0.4) is 0 Å². The maximum Gasteiger partial charge on any atom is 0.321 e. The Morgan fingerprint density at radius 3 is 2.60 bits per heavy atom. The second kappa shape index (κ2) is 7.60. The summed E-state index contributed by atoms with van der Waals surface area (Å²) in [5.41, 5.74) is 0.968. The molecule has 0 N–H and O–H groups in total. The molecule has 0 bridgehead atoms. The quantitative estimate of drug-likeness (QED) is 0.410. The van der Waals surface area contributed by atoms with Crippen LogP contribution in [-0.4, -0.2) is 13.4 Å².